The van der Waals surface area contributed by atoms with E-state index in [2.05, 4.69) is 11.4 Å². The zero-order chi connectivity index (χ0) is 15.0. The summed E-state index contributed by atoms with van der Waals surface area (Å²) in [5, 5.41) is 2.06. The summed E-state index contributed by atoms with van der Waals surface area (Å²) in [7, 11) is -3.36. The molecule has 4 nitrogen and oxygen atoms in total. The van der Waals surface area contributed by atoms with Crippen LogP contribution in [-0.2, 0) is 16.6 Å². The molecule has 2 aliphatic heterocycles. The summed E-state index contributed by atoms with van der Waals surface area (Å²) in [6.07, 6.45) is 2.57. The molecule has 1 saturated heterocycles. The van der Waals surface area contributed by atoms with Crippen molar-refractivity contribution in [2.45, 2.75) is 32.2 Å². The second kappa shape index (κ2) is 6.16. The van der Waals surface area contributed by atoms with Crippen LogP contribution in [0.4, 0.5) is 0 Å². The Morgan fingerprint density at radius 2 is 2.05 bits per heavy atom. The molecule has 0 aliphatic carbocycles. The molecule has 7 heteroatoms. The maximum Gasteiger partial charge on any atom is 0.282 e. The van der Waals surface area contributed by atoms with Gasteiger partial charge in [0.2, 0.25) is 0 Å². The number of fused-ring (bicyclic) bond motifs is 1. The largest absolute Gasteiger partial charge is 0.282 e. The lowest BCUT2D eigenvalue weighted by molar-refractivity contribution is 0.246. The molecular weight excluding hydrogens is 328 g/mol. The van der Waals surface area contributed by atoms with E-state index in [9.17, 15) is 8.42 Å². The normalized spacial score (nSPS) is 25.9. The summed E-state index contributed by atoms with van der Waals surface area (Å²) in [5.41, 5.74) is 1.17. The van der Waals surface area contributed by atoms with Gasteiger partial charge in [0.15, 0.2) is 0 Å². The number of alkyl halides is 1. The van der Waals surface area contributed by atoms with Crippen LogP contribution in [0.3, 0.4) is 0 Å². The molecule has 1 fully saturated rings. The van der Waals surface area contributed by atoms with Crippen LogP contribution < -0.4 is 0 Å². The second-order valence-corrected chi connectivity index (χ2v) is 9.03. The van der Waals surface area contributed by atoms with E-state index in [1.807, 2.05) is 6.92 Å². The molecule has 0 bridgehead atoms. The summed E-state index contributed by atoms with van der Waals surface area (Å²) >= 11 is 7.61. The maximum atomic E-state index is 12.9. The fraction of sp³-hybridized carbons (Fsp3) is 0.714. The minimum atomic E-state index is -3.36. The van der Waals surface area contributed by atoms with Crippen molar-refractivity contribution in [2.24, 2.45) is 5.92 Å². The molecule has 0 aromatic carbocycles. The Kier molecular flexibility index (Phi) is 4.62. The van der Waals surface area contributed by atoms with Gasteiger partial charge in [-0.1, -0.05) is 0 Å². The first kappa shape index (κ1) is 15.7. The Hall–Kier alpha value is -0.140. The molecule has 21 heavy (non-hydrogen) atoms. The lowest BCUT2D eigenvalue weighted by Gasteiger charge is -2.38. The highest BCUT2D eigenvalue weighted by Gasteiger charge is 2.38. The zero-order valence-electron chi connectivity index (χ0n) is 12.2. The summed E-state index contributed by atoms with van der Waals surface area (Å²) in [4.78, 5) is 1.33. The van der Waals surface area contributed by atoms with Gasteiger partial charge in [-0.3, -0.25) is 0 Å². The summed E-state index contributed by atoms with van der Waals surface area (Å²) < 4.78 is 29.1. The van der Waals surface area contributed by atoms with Gasteiger partial charge in [-0.15, -0.1) is 22.9 Å². The Morgan fingerprint density at radius 3 is 2.71 bits per heavy atom. The average Bonchev–Trinajstić information content (AvgIpc) is 2.97. The number of hydrogen-bond acceptors (Lipinski definition) is 3. The maximum absolute atomic E-state index is 12.9. The Bertz CT molecular complexity index is 594. The molecule has 1 atom stereocenters. The van der Waals surface area contributed by atoms with Crippen molar-refractivity contribution in [3.05, 3.63) is 21.9 Å². The van der Waals surface area contributed by atoms with Crippen molar-refractivity contribution in [1.29, 1.82) is 0 Å². The number of nitrogens with zero attached hydrogens (tertiary/aromatic N) is 2. The van der Waals surface area contributed by atoms with E-state index < -0.39 is 10.2 Å². The van der Waals surface area contributed by atoms with Gasteiger partial charge in [-0.2, -0.15) is 17.0 Å². The van der Waals surface area contributed by atoms with E-state index in [-0.39, 0.29) is 6.04 Å². The number of piperidine rings is 1. The molecule has 118 valence electrons. The Labute approximate surface area is 135 Å². The van der Waals surface area contributed by atoms with Crippen LogP contribution >= 0.6 is 22.9 Å². The van der Waals surface area contributed by atoms with Crippen LogP contribution in [0.2, 0.25) is 0 Å². The van der Waals surface area contributed by atoms with Crippen molar-refractivity contribution in [1.82, 2.24) is 8.61 Å². The SMILES string of the molecule is CC1c2ccsc2CCN1S(=O)(=O)N1CCC(CCl)CC1. The lowest BCUT2D eigenvalue weighted by Crippen LogP contribution is -2.49. The highest BCUT2D eigenvalue weighted by molar-refractivity contribution is 7.86. The molecule has 0 spiro atoms. The molecule has 3 rings (SSSR count). The molecule has 0 N–H and O–H groups in total. The third kappa shape index (κ3) is 2.88. The minimum absolute atomic E-state index is 0.0595. The Morgan fingerprint density at radius 1 is 1.33 bits per heavy atom. The highest BCUT2D eigenvalue weighted by Crippen LogP contribution is 2.36. The molecule has 0 amide bonds. The molecule has 1 aromatic heterocycles. The van der Waals surface area contributed by atoms with Gasteiger partial charge in [0.1, 0.15) is 0 Å². The fourth-order valence-electron chi connectivity index (χ4n) is 3.24. The standard InChI is InChI=1S/C14H21ClN2O2S2/c1-11-13-5-9-20-14(13)4-8-17(11)21(18,19)16-6-2-12(10-15)3-7-16/h5,9,11-12H,2-4,6-8,10H2,1H3. The van der Waals surface area contributed by atoms with E-state index in [0.29, 0.717) is 31.4 Å². The van der Waals surface area contributed by atoms with E-state index in [1.54, 1.807) is 19.9 Å². The topological polar surface area (TPSA) is 40.6 Å². The van der Waals surface area contributed by atoms with E-state index in [4.69, 9.17) is 11.6 Å². The first-order chi connectivity index (χ1) is 10.0. The van der Waals surface area contributed by atoms with Crippen molar-refractivity contribution < 1.29 is 8.42 Å². The van der Waals surface area contributed by atoms with Crippen LogP contribution in [0.15, 0.2) is 11.4 Å². The lowest BCUT2D eigenvalue weighted by atomic mass is 10.0. The number of hydrogen-bond donors (Lipinski definition) is 0. The van der Waals surface area contributed by atoms with Crippen LogP contribution in [-0.4, -0.2) is 42.5 Å². The van der Waals surface area contributed by atoms with E-state index >= 15 is 0 Å². The second-order valence-electron chi connectivity index (χ2n) is 5.84. The summed E-state index contributed by atoms with van der Waals surface area (Å²) in [6.45, 7) is 3.78. The molecule has 3 heterocycles. The molecule has 0 radical (unpaired) electrons. The first-order valence-corrected chi connectivity index (χ1v) is 10.2. The van der Waals surface area contributed by atoms with Gasteiger partial charge in [0, 0.05) is 36.4 Å². The van der Waals surface area contributed by atoms with Gasteiger partial charge < -0.3 is 0 Å². The van der Waals surface area contributed by atoms with E-state index in [0.717, 1.165) is 19.3 Å². The van der Waals surface area contributed by atoms with Gasteiger partial charge in [0.25, 0.3) is 10.2 Å². The Balaban J connectivity index is 1.77. The zero-order valence-corrected chi connectivity index (χ0v) is 14.6. The summed E-state index contributed by atoms with van der Waals surface area (Å²) in [5.74, 6) is 1.09. The molecule has 1 aromatic rings. The quantitative estimate of drug-likeness (QED) is 0.788. The number of thiophene rings is 1. The van der Waals surface area contributed by atoms with E-state index in [1.165, 1.54) is 10.4 Å². The van der Waals surface area contributed by atoms with Crippen LogP contribution in [0.5, 0.6) is 0 Å². The molecule has 0 saturated carbocycles. The first-order valence-electron chi connectivity index (χ1n) is 7.43. The van der Waals surface area contributed by atoms with Crippen molar-refractivity contribution in [3.8, 4) is 0 Å². The van der Waals surface area contributed by atoms with Crippen LogP contribution in [0, 0.1) is 5.92 Å². The van der Waals surface area contributed by atoms with Gasteiger partial charge >= 0.3 is 0 Å². The molecule has 2 aliphatic rings. The van der Waals surface area contributed by atoms with Crippen LogP contribution in [0.25, 0.3) is 0 Å². The number of rotatable bonds is 3. The smallest absolute Gasteiger partial charge is 0.195 e. The van der Waals surface area contributed by atoms with Crippen molar-refractivity contribution >= 4 is 33.1 Å². The monoisotopic (exact) mass is 348 g/mol. The predicted octanol–water partition coefficient (Wildman–Crippen LogP) is 2.86. The van der Waals surface area contributed by atoms with Gasteiger partial charge in [-0.05, 0) is 49.1 Å². The van der Waals surface area contributed by atoms with Gasteiger partial charge in [-0.25, -0.2) is 0 Å². The fourth-order valence-corrected chi connectivity index (χ4v) is 6.32. The predicted molar refractivity (Wildman–Crippen MR) is 87.1 cm³/mol. The van der Waals surface area contributed by atoms with Crippen molar-refractivity contribution in [3.63, 3.8) is 0 Å². The average molecular weight is 349 g/mol. The van der Waals surface area contributed by atoms with Crippen molar-refractivity contribution in [2.75, 3.05) is 25.5 Å². The molecule has 1 unspecified atom stereocenters. The highest BCUT2D eigenvalue weighted by atomic mass is 35.5. The molecular formula is C14H21ClN2O2S2. The number of halogens is 1. The van der Waals surface area contributed by atoms with Crippen LogP contribution in [0.1, 0.15) is 36.2 Å². The summed E-state index contributed by atoms with van der Waals surface area (Å²) in [6, 6.07) is 2.00. The minimum Gasteiger partial charge on any atom is -0.195 e. The van der Waals surface area contributed by atoms with Gasteiger partial charge in [0.05, 0.1) is 0 Å². The third-order valence-electron chi connectivity index (χ3n) is 4.64. The third-order valence-corrected chi connectivity index (χ3v) is 8.18.